The van der Waals surface area contributed by atoms with Gasteiger partial charge in [-0.3, -0.25) is 0 Å². The molecule has 0 aliphatic carbocycles. The first-order valence-electron chi connectivity index (χ1n) is 6.41. The molecular weight excluding hydrogens is 184 g/mol. The molecule has 1 aliphatic rings. The maximum Gasteiger partial charge on any atom is 0.0102 e. The highest BCUT2D eigenvalue weighted by molar-refractivity contribution is 4.86. The van der Waals surface area contributed by atoms with E-state index in [0.717, 1.165) is 12.5 Å². The van der Waals surface area contributed by atoms with Crippen LogP contribution in [-0.2, 0) is 0 Å². The quantitative estimate of drug-likeness (QED) is 0.752. The number of rotatable bonds is 5. The molecule has 2 unspecified atom stereocenters. The van der Waals surface area contributed by atoms with Gasteiger partial charge in [0.2, 0.25) is 0 Å². The van der Waals surface area contributed by atoms with Crippen LogP contribution < -0.4 is 5.32 Å². The molecule has 0 saturated carbocycles. The fourth-order valence-corrected chi connectivity index (χ4v) is 2.47. The van der Waals surface area contributed by atoms with Gasteiger partial charge in [0.1, 0.15) is 0 Å². The second kappa shape index (κ2) is 5.31. The minimum absolute atomic E-state index is 0.375. The van der Waals surface area contributed by atoms with Crippen LogP contribution in [0.25, 0.3) is 0 Å². The fourth-order valence-electron chi connectivity index (χ4n) is 2.47. The highest BCUT2D eigenvalue weighted by Gasteiger charge is 2.30. The van der Waals surface area contributed by atoms with Gasteiger partial charge in [0.15, 0.2) is 0 Å². The second-order valence-corrected chi connectivity index (χ2v) is 5.90. The summed E-state index contributed by atoms with van der Waals surface area (Å²) in [6.07, 6.45) is 1.38. The van der Waals surface area contributed by atoms with Crippen molar-refractivity contribution in [3.8, 4) is 0 Å². The lowest BCUT2D eigenvalue weighted by Crippen LogP contribution is -2.46. The van der Waals surface area contributed by atoms with Crippen LogP contribution in [0.2, 0.25) is 0 Å². The smallest absolute Gasteiger partial charge is 0.0102 e. The molecule has 0 spiro atoms. The standard InChI is InChI=1S/C13H28N2/c1-6-14-12(3)13(4,5)10-15-8-7-11(2)9-15/h11-12,14H,6-10H2,1-5H3. The molecule has 1 aliphatic heterocycles. The van der Waals surface area contributed by atoms with Crippen molar-refractivity contribution in [2.45, 2.75) is 47.1 Å². The lowest BCUT2D eigenvalue weighted by Gasteiger charge is -2.36. The molecule has 1 saturated heterocycles. The number of hydrogen-bond donors (Lipinski definition) is 1. The monoisotopic (exact) mass is 212 g/mol. The SMILES string of the molecule is CCNC(C)C(C)(C)CN1CCC(C)C1. The van der Waals surface area contributed by atoms with E-state index in [9.17, 15) is 0 Å². The van der Waals surface area contributed by atoms with Crippen molar-refractivity contribution < 1.29 is 0 Å². The Bertz CT molecular complexity index is 189. The molecule has 2 heteroatoms. The lowest BCUT2D eigenvalue weighted by atomic mass is 9.85. The van der Waals surface area contributed by atoms with Crippen molar-refractivity contribution in [1.29, 1.82) is 0 Å². The molecule has 15 heavy (non-hydrogen) atoms. The Morgan fingerprint density at radius 1 is 1.47 bits per heavy atom. The Kier molecular flexibility index (Phi) is 4.60. The Balaban J connectivity index is 2.41. The van der Waals surface area contributed by atoms with E-state index >= 15 is 0 Å². The average Bonchev–Trinajstić information content (AvgIpc) is 2.50. The van der Waals surface area contributed by atoms with Crippen LogP contribution in [0.3, 0.4) is 0 Å². The topological polar surface area (TPSA) is 15.3 Å². The molecule has 0 radical (unpaired) electrons. The van der Waals surface area contributed by atoms with Gasteiger partial charge in [-0.05, 0) is 37.8 Å². The van der Waals surface area contributed by atoms with Gasteiger partial charge in [0.05, 0.1) is 0 Å². The molecular formula is C13H28N2. The molecule has 90 valence electrons. The molecule has 0 amide bonds. The van der Waals surface area contributed by atoms with Gasteiger partial charge in [-0.25, -0.2) is 0 Å². The van der Waals surface area contributed by atoms with E-state index in [1.165, 1.54) is 26.1 Å². The summed E-state index contributed by atoms with van der Waals surface area (Å²) in [6, 6.07) is 0.596. The number of nitrogens with one attached hydrogen (secondary N) is 1. The summed E-state index contributed by atoms with van der Waals surface area (Å²) in [5.74, 6) is 0.898. The van der Waals surface area contributed by atoms with Crippen molar-refractivity contribution >= 4 is 0 Å². The first kappa shape index (κ1) is 13.0. The van der Waals surface area contributed by atoms with E-state index in [1.807, 2.05) is 0 Å². The molecule has 1 heterocycles. The number of likely N-dealkylation sites (tertiary alicyclic amines) is 1. The number of hydrogen-bond acceptors (Lipinski definition) is 2. The van der Waals surface area contributed by atoms with Crippen LogP contribution in [0.5, 0.6) is 0 Å². The summed E-state index contributed by atoms with van der Waals surface area (Å²) in [5, 5.41) is 3.54. The Labute approximate surface area is 95.4 Å². The van der Waals surface area contributed by atoms with Crippen LogP contribution in [-0.4, -0.2) is 37.1 Å². The Morgan fingerprint density at radius 3 is 2.60 bits per heavy atom. The molecule has 1 fully saturated rings. The van der Waals surface area contributed by atoms with Crippen molar-refractivity contribution in [3.63, 3.8) is 0 Å². The van der Waals surface area contributed by atoms with Crippen LogP contribution in [0.4, 0.5) is 0 Å². The van der Waals surface area contributed by atoms with Crippen LogP contribution in [0.1, 0.15) is 41.0 Å². The summed E-state index contributed by atoms with van der Waals surface area (Å²) in [4.78, 5) is 2.62. The molecule has 2 atom stereocenters. The molecule has 0 aromatic heterocycles. The zero-order chi connectivity index (χ0) is 11.5. The van der Waals surface area contributed by atoms with Gasteiger partial charge in [-0.2, -0.15) is 0 Å². The van der Waals surface area contributed by atoms with E-state index < -0.39 is 0 Å². The lowest BCUT2D eigenvalue weighted by molar-refractivity contribution is 0.162. The predicted molar refractivity (Wildman–Crippen MR) is 67.1 cm³/mol. The third kappa shape index (κ3) is 3.76. The third-order valence-electron chi connectivity index (χ3n) is 3.82. The van der Waals surface area contributed by atoms with Gasteiger partial charge < -0.3 is 10.2 Å². The Morgan fingerprint density at radius 2 is 2.13 bits per heavy atom. The van der Waals surface area contributed by atoms with E-state index in [4.69, 9.17) is 0 Å². The second-order valence-electron chi connectivity index (χ2n) is 5.90. The first-order chi connectivity index (χ1) is 6.95. The minimum Gasteiger partial charge on any atom is -0.314 e. The minimum atomic E-state index is 0.375. The maximum absolute atomic E-state index is 3.54. The van der Waals surface area contributed by atoms with Crippen molar-refractivity contribution in [1.82, 2.24) is 10.2 Å². The molecule has 0 bridgehead atoms. The summed E-state index contributed by atoms with van der Waals surface area (Å²) < 4.78 is 0. The zero-order valence-corrected chi connectivity index (χ0v) is 11.1. The molecule has 1 N–H and O–H groups in total. The summed E-state index contributed by atoms with van der Waals surface area (Å²) in [7, 11) is 0. The van der Waals surface area contributed by atoms with E-state index in [-0.39, 0.29) is 0 Å². The van der Waals surface area contributed by atoms with E-state index in [2.05, 4.69) is 44.8 Å². The van der Waals surface area contributed by atoms with Gasteiger partial charge in [-0.15, -0.1) is 0 Å². The highest BCUT2D eigenvalue weighted by Crippen LogP contribution is 2.25. The van der Waals surface area contributed by atoms with Crippen LogP contribution >= 0.6 is 0 Å². The summed E-state index contributed by atoms with van der Waals surface area (Å²) in [5.41, 5.74) is 0.375. The van der Waals surface area contributed by atoms with Gasteiger partial charge in [0, 0.05) is 19.1 Å². The third-order valence-corrected chi connectivity index (χ3v) is 3.82. The summed E-state index contributed by atoms with van der Waals surface area (Å²) in [6.45, 7) is 16.5. The van der Waals surface area contributed by atoms with Crippen LogP contribution in [0, 0.1) is 11.3 Å². The predicted octanol–water partition coefficient (Wildman–Crippen LogP) is 2.35. The zero-order valence-electron chi connectivity index (χ0n) is 11.1. The normalized spacial score (nSPS) is 25.8. The van der Waals surface area contributed by atoms with Gasteiger partial charge in [0.25, 0.3) is 0 Å². The molecule has 1 rings (SSSR count). The fraction of sp³-hybridized carbons (Fsp3) is 1.00. The largest absolute Gasteiger partial charge is 0.314 e. The molecule has 0 aromatic rings. The average molecular weight is 212 g/mol. The van der Waals surface area contributed by atoms with Gasteiger partial charge >= 0.3 is 0 Å². The van der Waals surface area contributed by atoms with Gasteiger partial charge in [-0.1, -0.05) is 27.7 Å². The first-order valence-corrected chi connectivity index (χ1v) is 6.41. The molecule has 2 nitrogen and oxygen atoms in total. The summed E-state index contributed by atoms with van der Waals surface area (Å²) >= 11 is 0. The van der Waals surface area contributed by atoms with Crippen molar-refractivity contribution in [2.75, 3.05) is 26.2 Å². The van der Waals surface area contributed by atoms with E-state index in [0.29, 0.717) is 11.5 Å². The maximum atomic E-state index is 3.54. The van der Waals surface area contributed by atoms with Crippen molar-refractivity contribution in [3.05, 3.63) is 0 Å². The van der Waals surface area contributed by atoms with Crippen LogP contribution in [0.15, 0.2) is 0 Å². The van der Waals surface area contributed by atoms with Crippen molar-refractivity contribution in [2.24, 2.45) is 11.3 Å². The highest BCUT2D eigenvalue weighted by atomic mass is 15.2. The molecule has 0 aromatic carbocycles. The van der Waals surface area contributed by atoms with E-state index in [1.54, 1.807) is 0 Å². The Hall–Kier alpha value is -0.0800. The number of nitrogens with zero attached hydrogens (tertiary/aromatic N) is 1.